The maximum absolute atomic E-state index is 11.4. The lowest BCUT2D eigenvalue weighted by Crippen LogP contribution is -2.03. The molecular weight excluding hydrogens is 272 g/mol. The zero-order valence-corrected chi connectivity index (χ0v) is 15.1. The molecule has 0 aliphatic rings. The number of allylic oxidation sites excluding steroid dienone is 7. The normalized spacial score (nSPS) is 12.5. The van der Waals surface area contributed by atoms with Crippen LogP contribution in [0.5, 0.6) is 0 Å². The van der Waals surface area contributed by atoms with Gasteiger partial charge in [0.25, 0.3) is 0 Å². The van der Waals surface area contributed by atoms with Crippen molar-refractivity contribution in [2.24, 2.45) is 0 Å². The molecule has 22 heavy (non-hydrogen) atoms. The van der Waals surface area contributed by atoms with Crippen LogP contribution in [0.25, 0.3) is 0 Å². The molecule has 0 radical (unpaired) electrons. The molecule has 1 N–H and O–H groups in total. The molecule has 0 amide bonds. The van der Waals surface area contributed by atoms with E-state index in [0.717, 1.165) is 31.3 Å². The Balaban J connectivity index is 4.72. The third-order valence-corrected chi connectivity index (χ3v) is 3.59. The van der Waals surface area contributed by atoms with E-state index >= 15 is 0 Å². The fourth-order valence-corrected chi connectivity index (χ4v) is 2.14. The SMILES string of the molecule is CC(C)=CCCC(C)=CCC(C(=O)O)=C(C)CCC=C(C)C. The molecule has 0 heterocycles. The van der Waals surface area contributed by atoms with Crippen molar-refractivity contribution in [3.8, 4) is 0 Å². The average Bonchev–Trinajstić information content (AvgIpc) is 2.37. The number of hydrogen-bond acceptors (Lipinski definition) is 1. The number of carboxylic acids is 1. The highest BCUT2D eigenvalue weighted by atomic mass is 16.4. The van der Waals surface area contributed by atoms with Gasteiger partial charge in [-0.15, -0.1) is 0 Å². The van der Waals surface area contributed by atoms with Crippen LogP contribution in [-0.2, 0) is 4.79 Å². The van der Waals surface area contributed by atoms with Gasteiger partial charge in [0.1, 0.15) is 0 Å². The van der Waals surface area contributed by atoms with Gasteiger partial charge in [-0.05, 0) is 73.6 Å². The Hall–Kier alpha value is -1.57. The number of carboxylic acid groups (broad SMARTS) is 1. The van der Waals surface area contributed by atoms with Crippen molar-refractivity contribution in [3.63, 3.8) is 0 Å². The highest BCUT2D eigenvalue weighted by molar-refractivity contribution is 5.87. The molecule has 0 aromatic heterocycles. The fraction of sp³-hybridized carbons (Fsp3) is 0.550. The van der Waals surface area contributed by atoms with Crippen LogP contribution < -0.4 is 0 Å². The van der Waals surface area contributed by atoms with Crippen molar-refractivity contribution in [2.45, 2.75) is 73.6 Å². The van der Waals surface area contributed by atoms with Crippen LogP contribution in [0.1, 0.15) is 73.6 Å². The summed E-state index contributed by atoms with van der Waals surface area (Å²) in [4.78, 5) is 11.4. The summed E-state index contributed by atoms with van der Waals surface area (Å²) in [6, 6.07) is 0. The van der Waals surface area contributed by atoms with Crippen LogP contribution in [0.3, 0.4) is 0 Å². The van der Waals surface area contributed by atoms with Crippen LogP contribution in [-0.4, -0.2) is 11.1 Å². The summed E-state index contributed by atoms with van der Waals surface area (Å²) in [5.41, 5.74) is 5.39. The highest BCUT2D eigenvalue weighted by Crippen LogP contribution is 2.18. The van der Waals surface area contributed by atoms with E-state index in [4.69, 9.17) is 0 Å². The first kappa shape index (κ1) is 20.4. The minimum atomic E-state index is -0.789. The summed E-state index contributed by atoms with van der Waals surface area (Å²) < 4.78 is 0. The molecular formula is C20H32O2. The van der Waals surface area contributed by atoms with Crippen molar-refractivity contribution in [1.29, 1.82) is 0 Å². The van der Waals surface area contributed by atoms with Crippen molar-refractivity contribution in [3.05, 3.63) is 46.1 Å². The second-order valence-corrected chi connectivity index (χ2v) is 6.46. The maximum atomic E-state index is 11.4. The van der Waals surface area contributed by atoms with Gasteiger partial charge in [-0.25, -0.2) is 4.79 Å². The van der Waals surface area contributed by atoms with Gasteiger partial charge in [0.15, 0.2) is 0 Å². The molecule has 0 rings (SSSR count). The molecule has 0 fully saturated rings. The summed E-state index contributed by atoms with van der Waals surface area (Å²) in [5.74, 6) is -0.789. The zero-order valence-electron chi connectivity index (χ0n) is 15.1. The lowest BCUT2D eigenvalue weighted by molar-refractivity contribution is -0.132. The lowest BCUT2D eigenvalue weighted by atomic mass is 9.99. The Kier molecular flexibility index (Phi) is 10.3. The van der Waals surface area contributed by atoms with Crippen LogP contribution in [0.2, 0.25) is 0 Å². The molecule has 0 aromatic carbocycles. The minimum absolute atomic E-state index is 0.524. The first-order chi connectivity index (χ1) is 10.2. The summed E-state index contributed by atoms with van der Waals surface area (Å²) >= 11 is 0. The van der Waals surface area contributed by atoms with Gasteiger partial charge in [-0.2, -0.15) is 0 Å². The van der Waals surface area contributed by atoms with Gasteiger partial charge in [0, 0.05) is 5.57 Å². The fourth-order valence-electron chi connectivity index (χ4n) is 2.14. The predicted molar refractivity (Wildman–Crippen MR) is 96.0 cm³/mol. The molecule has 0 saturated carbocycles. The largest absolute Gasteiger partial charge is 0.478 e. The first-order valence-electron chi connectivity index (χ1n) is 8.08. The van der Waals surface area contributed by atoms with E-state index in [9.17, 15) is 9.90 Å². The number of rotatable bonds is 9. The average molecular weight is 304 g/mol. The third kappa shape index (κ3) is 10.2. The van der Waals surface area contributed by atoms with E-state index in [1.165, 1.54) is 16.7 Å². The van der Waals surface area contributed by atoms with Crippen LogP contribution in [0, 0.1) is 0 Å². The van der Waals surface area contributed by atoms with E-state index in [1.54, 1.807) is 0 Å². The molecule has 124 valence electrons. The summed E-state index contributed by atoms with van der Waals surface area (Å²) in [5, 5.41) is 9.40. The number of aliphatic carboxylic acids is 1. The molecule has 0 spiro atoms. The number of carbonyl (C=O) groups is 1. The van der Waals surface area contributed by atoms with E-state index < -0.39 is 5.97 Å². The quantitative estimate of drug-likeness (QED) is 0.406. The zero-order chi connectivity index (χ0) is 17.1. The summed E-state index contributed by atoms with van der Waals surface area (Å²) in [6.07, 6.45) is 10.7. The van der Waals surface area contributed by atoms with Crippen LogP contribution in [0.15, 0.2) is 46.1 Å². The second kappa shape index (κ2) is 11.1. The maximum Gasteiger partial charge on any atom is 0.331 e. The monoisotopic (exact) mass is 304 g/mol. The first-order valence-corrected chi connectivity index (χ1v) is 8.08. The molecule has 0 bridgehead atoms. The van der Waals surface area contributed by atoms with Gasteiger partial charge < -0.3 is 5.11 Å². The van der Waals surface area contributed by atoms with E-state index in [1.807, 2.05) is 6.92 Å². The Morgan fingerprint density at radius 1 is 0.818 bits per heavy atom. The lowest BCUT2D eigenvalue weighted by Gasteiger charge is -2.07. The summed E-state index contributed by atoms with van der Waals surface area (Å²) in [6.45, 7) is 12.3. The Labute approximate surface area is 136 Å². The Morgan fingerprint density at radius 3 is 1.77 bits per heavy atom. The van der Waals surface area contributed by atoms with Gasteiger partial charge in [0.2, 0.25) is 0 Å². The third-order valence-electron chi connectivity index (χ3n) is 3.59. The van der Waals surface area contributed by atoms with Crippen molar-refractivity contribution in [1.82, 2.24) is 0 Å². The Bertz CT molecular complexity index is 480. The minimum Gasteiger partial charge on any atom is -0.478 e. The van der Waals surface area contributed by atoms with Crippen molar-refractivity contribution >= 4 is 5.97 Å². The number of hydrogen-bond donors (Lipinski definition) is 1. The van der Waals surface area contributed by atoms with Gasteiger partial charge in [-0.3, -0.25) is 0 Å². The Morgan fingerprint density at radius 2 is 1.32 bits per heavy atom. The summed E-state index contributed by atoms with van der Waals surface area (Å²) in [7, 11) is 0. The predicted octanol–water partition coefficient (Wildman–Crippen LogP) is 6.22. The van der Waals surface area contributed by atoms with E-state index in [2.05, 4.69) is 52.8 Å². The molecule has 0 saturated heterocycles. The molecule has 0 unspecified atom stereocenters. The topological polar surface area (TPSA) is 37.3 Å². The molecule has 0 aliphatic heterocycles. The van der Waals surface area contributed by atoms with Crippen LogP contribution in [0.4, 0.5) is 0 Å². The van der Waals surface area contributed by atoms with Gasteiger partial charge in [0.05, 0.1) is 0 Å². The molecule has 0 atom stereocenters. The molecule has 2 nitrogen and oxygen atoms in total. The van der Waals surface area contributed by atoms with Gasteiger partial charge >= 0.3 is 5.97 Å². The van der Waals surface area contributed by atoms with E-state index in [0.29, 0.717) is 12.0 Å². The molecule has 2 heteroatoms. The standard InChI is InChI=1S/C20H32O2/c1-15(2)9-7-11-17(5)13-14-19(20(21)22)18(6)12-8-10-16(3)4/h9-10,13H,7-8,11-12,14H2,1-6H3,(H,21,22). The van der Waals surface area contributed by atoms with Crippen molar-refractivity contribution < 1.29 is 9.90 Å². The highest BCUT2D eigenvalue weighted by Gasteiger charge is 2.09. The smallest absolute Gasteiger partial charge is 0.331 e. The van der Waals surface area contributed by atoms with Crippen molar-refractivity contribution in [2.75, 3.05) is 0 Å². The molecule has 0 aromatic rings. The second-order valence-electron chi connectivity index (χ2n) is 6.46. The molecule has 0 aliphatic carbocycles. The van der Waals surface area contributed by atoms with E-state index in [-0.39, 0.29) is 0 Å². The van der Waals surface area contributed by atoms with Crippen LogP contribution >= 0.6 is 0 Å². The van der Waals surface area contributed by atoms with Gasteiger partial charge in [-0.1, -0.05) is 40.5 Å².